The molecule has 5 nitrogen and oxygen atoms in total. The maximum Gasteiger partial charge on any atom is 0.326 e. The molecule has 0 saturated carbocycles. The molecular weight excluding hydrogens is 330 g/mol. The second-order valence-electron chi connectivity index (χ2n) is 3.87. The normalized spacial score (nSPS) is 13.0. The van der Waals surface area contributed by atoms with Crippen LogP contribution < -0.4 is 16.8 Å². The third-order valence-electron chi connectivity index (χ3n) is 2.08. The van der Waals surface area contributed by atoms with Crippen LogP contribution >= 0.6 is 23.1 Å². The molecule has 0 aromatic carbocycles. The third-order valence-corrected chi connectivity index (χ3v) is 3.91. The number of guanidine groups is 1. The summed E-state index contributed by atoms with van der Waals surface area (Å²) in [5.74, 6) is -3.12. The van der Waals surface area contributed by atoms with Crippen molar-refractivity contribution >= 4 is 34.2 Å². The molecule has 21 heavy (non-hydrogen) atoms. The average Bonchev–Trinajstić information content (AvgIpc) is 2.84. The molecule has 0 aliphatic heterocycles. The van der Waals surface area contributed by atoms with Crippen molar-refractivity contribution in [1.29, 1.82) is 0 Å². The summed E-state index contributed by atoms with van der Waals surface area (Å²) in [5.41, 5.74) is 11.5. The Hall–Kier alpha value is -1.07. The largest absolute Gasteiger partial charge is 0.370 e. The molecule has 0 bridgehead atoms. The summed E-state index contributed by atoms with van der Waals surface area (Å²) >= 11 is 2.82. The van der Waals surface area contributed by atoms with E-state index in [9.17, 15) is 17.6 Å². The number of halogens is 4. The van der Waals surface area contributed by atoms with E-state index in [0.717, 1.165) is 11.4 Å². The van der Waals surface area contributed by atoms with Gasteiger partial charge in [-0.3, -0.25) is 0 Å². The third kappa shape index (κ3) is 6.48. The van der Waals surface area contributed by atoms with E-state index in [4.69, 9.17) is 11.5 Å². The van der Waals surface area contributed by atoms with Gasteiger partial charge >= 0.3 is 12.3 Å². The van der Waals surface area contributed by atoms with E-state index in [1.54, 1.807) is 17.1 Å². The lowest BCUT2D eigenvalue weighted by Crippen LogP contribution is -2.32. The number of rotatable bonds is 8. The van der Waals surface area contributed by atoms with E-state index in [1.807, 2.05) is 0 Å². The Labute approximate surface area is 127 Å². The predicted octanol–water partition coefficient (Wildman–Crippen LogP) is 1.96. The number of nitrogens with zero attached hydrogens (tertiary/aromatic N) is 2. The van der Waals surface area contributed by atoms with Crippen LogP contribution in [0.3, 0.4) is 0 Å². The van der Waals surface area contributed by atoms with Gasteiger partial charge in [-0.05, 0) is 0 Å². The minimum atomic E-state index is -4.20. The monoisotopic (exact) mass is 345 g/mol. The Morgan fingerprint density at radius 3 is 2.86 bits per heavy atom. The first-order valence-corrected chi connectivity index (χ1v) is 7.83. The van der Waals surface area contributed by atoms with E-state index in [0.29, 0.717) is 17.4 Å². The van der Waals surface area contributed by atoms with Crippen molar-refractivity contribution in [2.45, 2.75) is 18.1 Å². The molecule has 1 heterocycles. The van der Waals surface area contributed by atoms with Crippen LogP contribution in [0.1, 0.15) is 5.69 Å². The average molecular weight is 345 g/mol. The van der Waals surface area contributed by atoms with Gasteiger partial charge in [0.05, 0.1) is 5.69 Å². The van der Waals surface area contributed by atoms with Gasteiger partial charge in [-0.15, -0.1) is 11.3 Å². The second-order valence-corrected chi connectivity index (χ2v) is 5.84. The summed E-state index contributed by atoms with van der Waals surface area (Å²) in [4.78, 5) is 7.35. The van der Waals surface area contributed by atoms with Gasteiger partial charge in [-0.1, -0.05) is 0 Å². The standard InChI is InChI=1S/C10H15F4N5S2/c11-7(12)10(13,14)5-17-8(16)19-9-18-6(4-21-9)3-20-2-1-15/h4,7H,1-3,5,15H2,(H3,16,17,18,19). The first-order chi connectivity index (χ1) is 9.85. The number of aliphatic imine (C=N–C) groups is 1. The number of thioether (sulfide) groups is 1. The summed E-state index contributed by atoms with van der Waals surface area (Å²) < 4.78 is 49.2. The number of aromatic nitrogens is 1. The molecule has 0 unspecified atom stereocenters. The highest BCUT2D eigenvalue weighted by Gasteiger charge is 2.40. The minimum Gasteiger partial charge on any atom is -0.370 e. The second kappa shape index (κ2) is 8.39. The lowest BCUT2D eigenvalue weighted by atomic mass is 10.3. The molecule has 0 radical (unpaired) electrons. The van der Waals surface area contributed by atoms with Gasteiger partial charge in [0.25, 0.3) is 0 Å². The Balaban J connectivity index is 2.49. The van der Waals surface area contributed by atoms with Crippen LogP contribution in [-0.4, -0.2) is 42.1 Å². The Morgan fingerprint density at radius 2 is 2.24 bits per heavy atom. The molecular formula is C10H15F4N5S2. The van der Waals surface area contributed by atoms with Crippen molar-refractivity contribution in [3.8, 4) is 0 Å². The topological polar surface area (TPSA) is 89.3 Å². The fraction of sp³-hybridized carbons (Fsp3) is 0.600. The van der Waals surface area contributed by atoms with Crippen molar-refractivity contribution < 1.29 is 17.6 Å². The molecule has 0 saturated heterocycles. The number of alkyl halides is 4. The SMILES string of the molecule is NCCSCc1csc(N/C(N)=N\CC(F)(F)C(F)F)n1. The number of anilines is 1. The van der Waals surface area contributed by atoms with Crippen molar-refractivity contribution in [3.05, 3.63) is 11.1 Å². The van der Waals surface area contributed by atoms with Crippen LogP contribution in [0.15, 0.2) is 10.4 Å². The summed E-state index contributed by atoms with van der Waals surface area (Å²) in [6.45, 7) is -0.814. The van der Waals surface area contributed by atoms with Gasteiger partial charge in [0.15, 0.2) is 11.1 Å². The molecule has 1 rings (SSSR count). The highest BCUT2D eigenvalue weighted by atomic mass is 32.2. The molecule has 1 aromatic heterocycles. The van der Waals surface area contributed by atoms with Gasteiger partial charge in [0, 0.05) is 23.4 Å². The molecule has 0 spiro atoms. The van der Waals surface area contributed by atoms with E-state index in [1.165, 1.54) is 11.3 Å². The van der Waals surface area contributed by atoms with Gasteiger partial charge in [-0.2, -0.15) is 20.5 Å². The van der Waals surface area contributed by atoms with Crippen LogP contribution in [0, 0.1) is 0 Å². The molecule has 120 valence electrons. The zero-order valence-electron chi connectivity index (χ0n) is 10.9. The first kappa shape index (κ1) is 18.0. The molecule has 0 aliphatic carbocycles. The number of nitrogens with one attached hydrogen (secondary N) is 1. The smallest absolute Gasteiger partial charge is 0.326 e. The van der Waals surface area contributed by atoms with Gasteiger partial charge in [0.2, 0.25) is 0 Å². The van der Waals surface area contributed by atoms with Crippen molar-refractivity contribution in [2.24, 2.45) is 16.5 Å². The van der Waals surface area contributed by atoms with Crippen molar-refractivity contribution in [3.63, 3.8) is 0 Å². The molecule has 1 aromatic rings. The number of thiazole rings is 1. The van der Waals surface area contributed by atoms with Crippen LogP contribution in [0.4, 0.5) is 22.7 Å². The van der Waals surface area contributed by atoms with Gasteiger partial charge in [-0.25, -0.2) is 18.8 Å². The zero-order valence-corrected chi connectivity index (χ0v) is 12.5. The Kier molecular flexibility index (Phi) is 7.18. The lowest BCUT2D eigenvalue weighted by molar-refractivity contribution is -0.119. The fourth-order valence-electron chi connectivity index (χ4n) is 1.10. The van der Waals surface area contributed by atoms with E-state index in [-0.39, 0.29) is 5.96 Å². The Morgan fingerprint density at radius 1 is 1.52 bits per heavy atom. The predicted molar refractivity (Wildman–Crippen MR) is 78.4 cm³/mol. The van der Waals surface area contributed by atoms with E-state index >= 15 is 0 Å². The minimum absolute atomic E-state index is 0.361. The maximum absolute atomic E-state index is 12.7. The highest BCUT2D eigenvalue weighted by Crippen LogP contribution is 2.23. The van der Waals surface area contributed by atoms with Gasteiger partial charge < -0.3 is 16.8 Å². The quantitative estimate of drug-likeness (QED) is 0.290. The van der Waals surface area contributed by atoms with Crippen LogP contribution in [0.5, 0.6) is 0 Å². The summed E-state index contributed by atoms with van der Waals surface area (Å²) in [6.07, 6.45) is -3.78. The van der Waals surface area contributed by atoms with E-state index in [2.05, 4.69) is 15.3 Å². The van der Waals surface area contributed by atoms with Crippen molar-refractivity contribution in [2.75, 3.05) is 24.2 Å². The van der Waals surface area contributed by atoms with Gasteiger partial charge in [0.1, 0.15) is 6.54 Å². The summed E-state index contributed by atoms with van der Waals surface area (Å²) in [7, 11) is 0. The summed E-state index contributed by atoms with van der Waals surface area (Å²) in [6, 6.07) is 0. The number of hydrogen-bond acceptors (Lipinski definition) is 5. The molecule has 5 N–H and O–H groups in total. The van der Waals surface area contributed by atoms with Crippen LogP contribution in [0.2, 0.25) is 0 Å². The number of nitrogens with two attached hydrogens (primary N) is 2. The summed E-state index contributed by atoms with van der Waals surface area (Å²) in [5, 5.41) is 4.62. The van der Waals surface area contributed by atoms with Crippen LogP contribution in [0.25, 0.3) is 0 Å². The molecule has 0 atom stereocenters. The lowest BCUT2D eigenvalue weighted by Gasteiger charge is -2.12. The maximum atomic E-state index is 12.7. The molecule has 0 amide bonds. The van der Waals surface area contributed by atoms with Crippen molar-refractivity contribution in [1.82, 2.24) is 4.98 Å². The first-order valence-electron chi connectivity index (χ1n) is 5.80. The van der Waals surface area contributed by atoms with Crippen LogP contribution in [-0.2, 0) is 5.75 Å². The highest BCUT2D eigenvalue weighted by molar-refractivity contribution is 7.98. The molecule has 0 aliphatic rings. The van der Waals surface area contributed by atoms with E-state index < -0.39 is 18.9 Å². The molecule has 11 heteroatoms. The fourth-order valence-corrected chi connectivity index (χ4v) is 2.59. The zero-order chi connectivity index (χ0) is 15.9. The Bertz CT molecular complexity index is 466. The molecule has 0 fully saturated rings. The number of hydrogen-bond donors (Lipinski definition) is 3.